The van der Waals surface area contributed by atoms with E-state index in [9.17, 15) is 19.2 Å². The van der Waals surface area contributed by atoms with Gasteiger partial charge < -0.3 is 15.0 Å². The van der Waals surface area contributed by atoms with E-state index in [4.69, 9.17) is 4.74 Å². The molecule has 2 aliphatic carbocycles. The van der Waals surface area contributed by atoms with E-state index < -0.39 is 24.1 Å². The van der Waals surface area contributed by atoms with E-state index in [0.29, 0.717) is 19.4 Å². The van der Waals surface area contributed by atoms with Crippen LogP contribution in [0.25, 0.3) is 0 Å². The molecule has 4 rings (SSSR count). The average Bonchev–Trinajstić information content (AvgIpc) is 3.01. The zero-order valence-electron chi connectivity index (χ0n) is 21.0. The summed E-state index contributed by atoms with van der Waals surface area (Å²) in [6.07, 6.45) is 5.09. The Morgan fingerprint density at radius 3 is 2.33 bits per heavy atom. The third kappa shape index (κ3) is 4.62. The first-order valence-electron chi connectivity index (χ1n) is 12.2. The maximum absolute atomic E-state index is 13.2. The van der Waals surface area contributed by atoms with Crippen LogP contribution in [0.4, 0.5) is 4.79 Å². The fourth-order valence-corrected chi connectivity index (χ4v) is 7.80. The van der Waals surface area contributed by atoms with Crippen LogP contribution in [0, 0.1) is 22.2 Å². The number of fused-ring (bicyclic) bond motifs is 2. The van der Waals surface area contributed by atoms with Gasteiger partial charge in [-0.3, -0.25) is 19.3 Å². The highest BCUT2D eigenvalue weighted by atomic mass is 16.5. The highest BCUT2D eigenvalue weighted by molar-refractivity contribution is 6.08. The maximum Gasteiger partial charge on any atom is 0.326 e. The molecule has 0 aromatic heterocycles. The summed E-state index contributed by atoms with van der Waals surface area (Å²) in [7, 11) is 0. The van der Waals surface area contributed by atoms with E-state index in [1.165, 1.54) is 0 Å². The number of imide groups is 1. The van der Waals surface area contributed by atoms with Crippen LogP contribution < -0.4 is 5.32 Å². The van der Waals surface area contributed by atoms with Crippen LogP contribution in [0.1, 0.15) is 80.1 Å². The van der Waals surface area contributed by atoms with Gasteiger partial charge in [0.25, 0.3) is 11.8 Å². The minimum atomic E-state index is -0.955. The van der Waals surface area contributed by atoms with Gasteiger partial charge in [0, 0.05) is 12.6 Å². The first kappa shape index (κ1) is 24.0. The quantitative estimate of drug-likeness (QED) is 0.513. The molecule has 1 N–H and O–H groups in total. The van der Waals surface area contributed by atoms with Crippen molar-refractivity contribution in [2.75, 3.05) is 19.7 Å². The van der Waals surface area contributed by atoms with Gasteiger partial charge in [-0.15, -0.1) is 0 Å². The first-order valence-corrected chi connectivity index (χ1v) is 12.2. The lowest BCUT2D eigenvalue weighted by Crippen LogP contribution is -2.54. The summed E-state index contributed by atoms with van der Waals surface area (Å²) in [5.41, 5.74) is -0.744. The lowest BCUT2D eigenvalue weighted by atomic mass is 9.64. The standard InChI is InChI=1S/C25H39N3O5/c1-16-7-22(2,3)14-25(8-16)20(31)27(21(32)26-25)11-19(30)33-12-18(29)28-15-24(6)10-17(28)9-23(4,5)13-24/h16-17H,7-15H2,1-6H3,(H,26,32)/t16-,17-,24+,25+/m0/s1. The number of esters is 1. The van der Waals surface area contributed by atoms with Crippen LogP contribution in [-0.2, 0) is 19.1 Å². The second kappa shape index (κ2) is 7.70. The van der Waals surface area contributed by atoms with E-state index in [-0.39, 0.29) is 46.6 Å². The molecule has 1 spiro atoms. The van der Waals surface area contributed by atoms with Gasteiger partial charge >= 0.3 is 12.0 Å². The number of rotatable bonds is 4. The number of nitrogens with one attached hydrogen (secondary N) is 1. The first-order chi connectivity index (χ1) is 15.1. The molecule has 2 bridgehead atoms. The topological polar surface area (TPSA) is 96.0 Å². The van der Waals surface area contributed by atoms with E-state index >= 15 is 0 Å². The zero-order valence-corrected chi connectivity index (χ0v) is 21.0. The molecule has 4 amide bonds. The molecule has 0 aromatic rings. The summed E-state index contributed by atoms with van der Waals surface area (Å²) in [5, 5.41) is 2.86. The van der Waals surface area contributed by atoms with Gasteiger partial charge in [0.15, 0.2) is 6.61 Å². The average molecular weight is 462 g/mol. The highest BCUT2D eigenvalue weighted by Crippen LogP contribution is 2.52. The predicted molar refractivity (Wildman–Crippen MR) is 122 cm³/mol. The van der Waals surface area contributed by atoms with Crippen LogP contribution >= 0.6 is 0 Å². The molecule has 4 fully saturated rings. The van der Waals surface area contributed by atoms with Crippen molar-refractivity contribution in [1.82, 2.24) is 15.1 Å². The van der Waals surface area contributed by atoms with Gasteiger partial charge in [-0.25, -0.2) is 4.79 Å². The number of nitrogens with zero attached hydrogens (tertiary/aromatic N) is 2. The van der Waals surface area contributed by atoms with Crippen molar-refractivity contribution in [2.24, 2.45) is 22.2 Å². The van der Waals surface area contributed by atoms with Gasteiger partial charge in [-0.05, 0) is 60.7 Å². The van der Waals surface area contributed by atoms with Crippen molar-refractivity contribution in [1.29, 1.82) is 0 Å². The fraction of sp³-hybridized carbons (Fsp3) is 0.840. The van der Waals surface area contributed by atoms with E-state index in [1.807, 2.05) is 4.90 Å². The summed E-state index contributed by atoms with van der Waals surface area (Å²) in [6.45, 7) is 12.8. The minimum absolute atomic E-state index is 0.0808. The Morgan fingerprint density at radius 2 is 1.67 bits per heavy atom. The molecule has 8 heteroatoms. The second-order valence-corrected chi connectivity index (χ2v) is 13.2. The second-order valence-electron chi connectivity index (χ2n) is 13.2. The Labute approximate surface area is 196 Å². The van der Waals surface area contributed by atoms with Gasteiger partial charge in [0.1, 0.15) is 12.1 Å². The molecule has 2 aliphatic heterocycles. The summed E-state index contributed by atoms with van der Waals surface area (Å²) in [5.74, 6) is -1.01. The number of ether oxygens (including phenoxy) is 1. The van der Waals surface area contributed by atoms with Crippen LogP contribution in [0.15, 0.2) is 0 Å². The molecule has 2 saturated carbocycles. The van der Waals surface area contributed by atoms with Gasteiger partial charge in [0.05, 0.1) is 0 Å². The predicted octanol–water partition coefficient (Wildman–Crippen LogP) is 3.09. The highest BCUT2D eigenvalue weighted by Gasteiger charge is 2.56. The smallest absolute Gasteiger partial charge is 0.326 e. The lowest BCUT2D eigenvalue weighted by molar-refractivity contribution is -0.154. The fourth-order valence-electron chi connectivity index (χ4n) is 7.80. The Kier molecular flexibility index (Phi) is 5.61. The summed E-state index contributed by atoms with van der Waals surface area (Å²) in [6, 6.07) is -0.385. The van der Waals surface area contributed by atoms with Crippen molar-refractivity contribution >= 4 is 23.8 Å². The largest absolute Gasteiger partial charge is 0.454 e. The number of urea groups is 1. The molecule has 8 nitrogen and oxygen atoms in total. The number of likely N-dealkylation sites (tertiary alicyclic amines) is 1. The molecule has 4 atom stereocenters. The van der Waals surface area contributed by atoms with Crippen molar-refractivity contribution in [3.05, 3.63) is 0 Å². The van der Waals surface area contributed by atoms with E-state index in [1.54, 1.807) is 0 Å². The number of hydrogen-bond acceptors (Lipinski definition) is 5. The van der Waals surface area contributed by atoms with Gasteiger partial charge in [-0.2, -0.15) is 0 Å². The maximum atomic E-state index is 13.2. The normalized spacial score (nSPS) is 36.8. The molecule has 2 heterocycles. The Bertz CT molecular complexity index is 883. The number of carbonyl (C=O) groups is 4. The monoisotopic (exact) mass is 461 g/mol. The van der Waals surface area contributed by atoms with Crippen LogP contribution in [0.5, 0.6) is 0 Å². The summed E-state index contributed by atoms with van der Waals surface area (Å²) >= 11 is 0. The summed E-state index contributed by atoms with van der Waals surface area (Å²) in [4.78, 5) is 53.9. The SMILES string of the molecule is C[C@H]1CC(C)(C)C[C@@]2(C1)NC(=O)N(CC(=O)OCC(=O)N1C[C@]3(C)C[C@@H]1CC(C)(C)C3)C2=O. The minimum Gasteiger partial charge on any atom is -0.454 e. The Hall–Kier alpha value is -2.12. The Balaban J connectivity index is 1.34. The summed E-state index contributed by atoms with van der Waals surface area (Å²) < 4.78 is 5.24. The van der Waals surface area contributed by atoms with Crippen molar-refractivity contribution in [3.63, 3.8) is 0 Å². The van der Waals surface area contributed by atoms with Crippen molar-refractivity contribution in [2.45, 2.75) is 91.6 Å². The van der Waals surface area contributed by atoms with Crippen molar-refractivity contribution < 1.29 is 23.9 Å². The molecule has 0 radical (unpaired) electrons. The number of hydrogen-bond donors (Lipinski definition) is 1. The molecular formula is C25H39N3O5. The van der Waals surface area contributed by atoms with Crippen molar-refractivity contribution in [3.8, 4) is 0 Å². The number of amides is 4. The van der Waals surface area contributed by atoms with Crippen LogP contribution in [0.3, 0.4) is 0 Å². The molecular weight excluding hydrogens is 422 g/mol. The molecule has 2 saturated heterocycles. The van der Waals surface area contributed by atoms with E-state index in [0.717, 1.165) is 30.6 Å². The van der Waals surface area contributed by atoms with Crippen LogP contribution in [-0.4, -0.2) is 64.9 Å². The molecule has 184 valence electrons. The zero-order chi connectivity index (χ0) is 24.4. The lowest BCUT2D eigenvalue weighted by Gasteiger charge is -2.43. The van der Waals surface area contributed by atoms with Crippen LogP contribution in [0.2, 0.25) is 0 Å². The third-order valence-corrected chi connectivity index (χ3v) is 8.00. The van der Waals surface area contributed by atoms with Gasteiger partial charge in [0.2, 0.25) is 0 Å². The van der Waals surface area contributed by atoms with Gasteiger partial charge in [-0.1, -0.05) is 41.5 Å². The molecule has 4 aliphatic rings. The third-order valence-electron chi connectivity index (χ3n) is 8.00. The number of carbonyl (C=O) groups excluding carboxylic acids is 4. The van der Waals surface area contributed by atoms with E-state index in [2.05, 4.69) is 46.9 Å². The Morgan fingerprint density at radius 1 is 1.00 bits per heavy atom. The molecule has 33 heavy (non-hydrogen) atoms. The molecule has 0 aromatic carbocycles. The molecule has 0 unspecified atom stereocenters.